The van der Waals surface area contributed by atoms with Gasteiger partial charge in [0.1, 0.15) is 5.82 Å². The summed E-state index contributed by atoms with van der Waals surface area (Å²) in [4.78, 5) is 0. The van der Waals surface area contributed by atoms with Crippen LogP contribution in [0.1, 0.15) is 16.4 Å². The van der Waals surface area contributed by atoms with Gasteiger partial charge in [0.15, 0.2) is 0 Å². The highest BCUT2D eigenvalue weighted by molar-refractivity contribution is 7.99. The summed E-state index contributed by atoms with van der Waals surface area (Å²) in [6.45, 7) is 0. The van der Waals surface area contributed by atoms with Crippen LogP contribution in [-0.2, 0) is 0 Å². The fourth-order valence-corrected chi connectivity index (χ4v) is 3.69. The van der Waals surface area contributed by atoms with E-state index in [0.717, 1.165) is 11.1 Å². The van der Waals surface area contributed by atoms with Crippen molar-refractivity contribution in [2.45, 2.75) is 10.5 Å². The lowest BCUT2D eigenvalue weighted by atomic mass is 10.0. The Morgan fingerprint density at radius 2 is 1.31 bits per heavy atom. The van der Waals surface area contributed by atoms with Gasteiger partial charge >= 0.3 is 0 Å². The van der Waals surface area contributed by atoms with E-state index in [9.17, 15) is 4.39 Å². The molecule has 0 aliphatic carbocycles. The molecule has 0 aliphatic rings. The maximum atomic E-state index is 13.9. The molecule has 0 bridgehead atoms. The number of hydrogen-bond donors (Lipinski definition) is 0. The van der Waals surface area contributed by atoms with Crippen molar-refractivity contribution >= 4 is 11.8 Å². The smallest absolute Gasteiger partial charge is 0.277 e. The van der Waals surface area contributed by atoms with Gasteiger partial charge in [-0.2, -0.15) is 0 Å². The third kappa shape index (κ3) is 3.53. The summed E-state index contributed by atoms with van der Waals surface area (Å²) in [5.41, 5.74) is 2.58. The van der Waals surface area contributed by atoms with E-state index in [0.29, 0.717) is 10.8 Å². The first-order valence-corrected chi connectivity index (χ1v) is 9.04. The van der Waals surface area contributed by atoms with Gasteiger partial charge in [-0.1, -0.05) is 84.6 Å². The maximum Gasteiger partial charge on any atom is 0.277 e. The average molecular weight is 362 g/mol. The Balaban J connectivity index is 1.66. The predicted molar refractivity (Wildman–Crippen MR) is 100 cm³/mol. The molecule has 3 aromatic carbocycles. The second-order valence-electron chi connectivity index (χ2n) is 5.67. The SMILES string of the molecule is Fc1ccccc1-c1nnc(SC(c2ccccc2)c2ccccc2)o1. The summed E-state index contributed by atoms with van der Waals surface area (Å²) < 4.78 is 19.7. The topological polar surface area (TPSA) is 38.9 Å². The zero-order valence-corrected chi connectivity index (χ0v) is 14.6. The summed E-state index contributed by atoms with van der Waals surface area (Å²) in [5.74, 6) is -0.194. The van der Waals surface area contributed by atoms with Crippen molar-refractivity contribution in [1.29, 1.82) is 0 Å². The van der Waals surface area contributed by atoms with Crippen LogP contribution in [0.25, 0.3) is 11.5 Å². The van der Waals surface area contributed by atoms with Crippen molar-refractivity contribution in [3.8, 4) is 11.5 Å². The predicted octanol–water partition coefficient (Wildman–Crippen LogP) is 5.76. The Kier molecular flexibility index (Phi) is 4.80. The molecule has 0 fully saturated rings. The molecule has 0 amide bonds. The monoisotopic (exact) mass is 362 g/mol. The number of halogens is 1. The first-order chi connectivity index (χ1) is 12.8. The third-order valence-corrected chi connectivity index (χ3v) is 5.08. The quantitative estimate of drug-likeness (QED) is 0.423. The summed E-state index contributed by atoms with van der Waals surface area (Å²) >= 11 is 1.45. The van der Waals surface area contributed by atoms with Crippen LogP contribution >= 0.6 is 11.8 Å². The van der Waals surface area contributed by atoms with Crippen LogP contribution in [0.15, 0.2) is 94.6 Å². The van der Waals surface area contributed by atoms with Crippen LogP contribution in [0.2, 0.25) is 0 Å². The highest BCUT2D eigenvalue weighted by Crippen LogP contribution is 2.40. The number of aromatic nitrogens is 2. The van der Waals surface area contributed by atoms with Crippen molar-refractivity contribution in [2.24, 2.45) is 0 Å². The Hall–Kier alpha value is -2.92. The first-order valence-electron chi connectivity index (χ1n) is 8.16. The summed E-state index contributed by atoms with van der Waals surface area (Å²) in [6, 6.07) is 26.6. The third-order valence-electron chi connectivity index (χ3n) is 3.93. The molecule has 5 heteroatoms. The molecule has 0 aliphatic heterocycles. The molecular formula is C21H15FN2OS. The Morgan fingerprint density at radius 3 is 1.92 bits per heavy atom. The van der Waals surface area contributed by atoms with Gasteiger partial charge in [-0.15, -0.1) is 10.2 Å². The highest BCUT2D eigenvalue weighted by atomic mass is 32.2. The van der Waals surface area contributed by atoms with E-state index < -0.39 is 0 Å². The molecule has 4 aromatic rings. The molecule has 0 unspecified atom stereocenters. The van der Waals surface area contributed by atoms with Gasteiger partial charge in [0.25, 0.3) is 11.1 Å². The second kappa shape index (κ2) is 7.54. The van der Waals surface area contributed by atoms with Crippen LogP contribution in [-0.4, -0.2) is 10.2 Å². The van der Waals surface area contributed by atoms with Crippen molar-refractivity contribution in [1.82, 2.24) is 10.2 Å². The van der Waals surface area contributed by atoms with Gasteiger partial charge in [0.05, 0.1) is 10.8 Å². The van der Waals surface area contributed by atoms with Gasteiger partial charge in [-0.25, -0.2) is 4.39 Å². The van der Waals surface area contributed by atoms with Crippen LogP contribution in [0.4, 0.5) is 4.39 Å². The van der Waals surface area contributed by atoms with Crippen molar-refractivity contribution in [3.05, 3.63) is 102 Å². The Labute approximate surface area is 154 Å². The summed E-state index contributed by atoms with van der Waals surface area (Å²) in [5, 5.41) is 8.52. The van der Waals surface area contributed by atoms with Gasteiger partial charge in [-0.3, -0.25) is 0 Å². The number of nitrogens with zero attached hydrogens (tertiary/aromatic N) is 2. The molecule has 0 atom stereocenters. The highest BCUT2D eigenvalue weighted by Gasteiger charge is 2.20. The molecular weight excluding hydrogens is 347 g/mol. The van der Waals surface area contributed by atoms with Crippen LogP contribution in [0.5, 0.6) is 0 Å². The van der Waals surface area contributed by atoms with E-state index in [-0.39, 0.29) is 17.0 Å². The molecule has 0 spiro atoms. The molecule has 128 valence electrons. The standard InChI is InChI=1S/C21H15FN2OS/c22-18-14-8-7-13-17(18)20-23-24-21(25-20)26-19(15-9-3-1-4-10-15)16-11-5-2-6-12-16/h1-14,19H. The van der Waals surface area contributed by atoms with E-state index in [1.54, 1.807) is 18.2 Å². The molecule has 0 N–H and O–H groups in total. The van der Waals surface area contributed by atoms with Crippen LogP contribution in [0.3, 0.4) is 0 Å². The number of hydrogen-bond acceptors (Lipinski definition) is 4. The van der Waals surface area contributed by atoms with E-state index in [1.165, 1.54) is 17.8 Å². The average Bonchev–Trinajstić information content (AvgIpc) is 3.16. The van der Waals surface area contributed by atoms with Crippen LogP contribution < -0.4 is 0 Å². The van der Waals surface area contributed by atoms with E-state index >= 15 is 0 Å². The number of rotatable bonds is 5. The minimum absolute atomic E-state index is 0.00585. The first kappa shape index (κ1) is 16.5. The maximum absolute atomic E-state index is 13.9. The molecule has 4 rings (SSSR count). The van der Waals surface area contributed by atoms with Crippen molar-refractivity contribution < 1.29 is 8.81 Å². The normalized spacial score (nSPS) is 11.0. The fourth-order valence-electron chi connectivity index (χ4n) is 2.69. The fraction of sp³-hybridized carbons (Fsp3) is 0.0476. The Bertz CT molecular complexity index is 950. The van der Waals surface area contributed by atoms with Gasteiger partial charge < -0.3 is 4.42 Å². The van der Waals surface area contributed by atoms with E-state index in [1.807, 2.05) is 36.4 Å². The summed E-state index contributed by atoms with van der Waals surface area (Å²) in [7, 11) is 0. The van der Waals surface area contributed by atoms with Gasteiger partial charge in [0.2, 0.25) is 0 Å². The lowest BCUT2D eigenvalue weighted by Crippen LogP contribution is -1.96. The Morgan fingerprint density at radius 1 is 0.731 bits per heavy atom. The molecule has 0 saturated carbocycles. The lowest BCUT2D eigenvalue weighted by molar-refractivity contribution is 0.462. The zero-order valence-electron chi connectivity index (χ0n) is 13.7. The number of thioether (sulfide) groups is 1. The van der Waals surface area contributed by atoms with Crippen LogP contribution in [0, 0.1) is 5.82 Å². The largest absolute Gasteiger partial charge is 0.411 e. The molecule has 0 saturated heterocycles. The summed E-state index contributed by atoms with van der Waals surface area (Å²) in [6.07, 6.45) is 0. The van der Waals surface area contributed by atoms with E-state index in [4.69, 9.17) is 4.42 Å². The molecule has 3 nitrogen and oxygen atoms in total. The number of benzene rings is 3. The molecule has 1 heterocycles. The molecule has 0 radical (unpaired) electrons. The van der Waals surface area contributed by atoms with Crippen molar-refractivity contribution in [2.75, 3.05) is 0 Å². The molecule has 1 aromatic heterocycles. The minimum atomic E-state index is -0.379. The van der Waals surface area contributed by atoms with Gasteiger partial charge in [-0.05, 0) is 23.3 Å². The molecule has 26 heavy (non-hydrogen) atoms. The van der Waals surface area contributed by atoms with E-state index in [2.05, 4.69) is 34.5 Å². The minimum Gasteiger partial charge on any atom is -0.411 e. The van der Waals surface area contributed by atoms with Crippen molar-refractivity contribution in [3.63, 3.8) is 0 Å². The second-order valence-corrected chi connectivity index (χ2v) is 6.73. The van der Waals surface area contributed by atoms with Gasteiger partial charge in [0, 0.05) is 0 Å². The lowest BCUT2D eigenvalue weighted by Gasteiger charge is -2.15. The zero-order chi connectivity index (χ0) is 17.8.